The van der Waals surface area contributed by atoms with E-state index in [1.165, 1.54) is 5.56 Å². The number of carbonyl (C=O) groups is 1. The topological polar surface area (TPSA) is 41.5 Å². The van der Waals surface area contributed by atoms with Crippen molar-refractivity contribution < 1.29 is 4.79 Å². The molecule has 0 bridgehead atoms. The average molecular weight is 232 g/mol. The third-order valence-corrected chi connectivity index (χ3v) is 2.34. The van der Waals surface area contributed by atoms with Crippen molar-refractivity contribution in [1.29, 1.82) is 0 Å². The van der Waals surface area contributed by atoms with Crippen LogP contribution in [0.3, 0.4) is 0 Å². The second kappa shape index (κ2) is 6.18. The summed E-state index contributed by atoms with van der Waals surface area (Å²) in [6.45, 7) is 5.59. The summed E-state index contributed by atoms with van der Waals surface area (Å²) < 4.78 is 0. The highest BCUT2D eigenvalue weighted by Gasteiger charge is 2.20. The minimum atomic E-state index is -0.392. The van der Waals surface area contributed by atoms with Crippen molar-refractivity contribution in [3.63, 3.8) is 0 Å². The van der Waals surface area contributed by atoms with Gasteiger partial charge in [0, 0.05) is 11.6 Å². The molecule has 0 unspecified atom stereocenters. The van der Waals surface area contributed by atoms with Gasteiger partial charge in [-0.1, -0.05) is 51.1 Å². The van der Waals surface area contributed by atoms with Gasteiger partial charge in [-0.25, -0.2) is 5.43 Å². The van der Waals surface area contributed by atoms with Crippen LogP contribution in [0.15, 0.2) is 35.4 Å². The van der Waals surface area contributed by atoms with Gasteiger partial charge in [-0.05, 0) is 18.4 Å². The zero-order valence-electron chi connectivity index (χ0n) is 10.7. The van der Waals surface area contributed by atoms with Crippen molar-refractivity contribution in [3.8, 4) is 0 Å². The molecule has 0 fully saturated rings. The second-order valence-electron chi connectivity index (χ2n) is 5.03. The largest absolute Gasteiger partial charge is 0.273 e. The standard InChI is InChI=1S/C14H20N2O/c1-14(2,3)13(17)16-15-11-7-10-12-8-5-4-6-9-12/h4-6,8-9,11H,7,10H2,1-3H3,(H,16,17)/b15-11+. The van der Waals surface area contributed by atoms with Crippen LogP contribution < -0.4 is 5.43 Å². The first kappa shape index (κ1) is 13.4. The van der Waals surface area contributed by atoms with Gasteiger partial charge < -0.3 is 0 Å². The van der Waals surface area contributed by atoms with E-state index in [1.807, 2.05) is 39.0 Å². The Bertz CT molecular complexity index is 377. The lowest BCUT2D eigenvalue weighted by atomic mass is 9.96. The predicted molar refractivity (Wildman–Crippen MR) is 70.9 cm³/mol. The van der Waals surface area contributed by atoms with E-state index in [4.69, 9.17) is 0 Å². The van der Waals surface area contributed by atoms with Crippen LogP contribution in [0.2, 0.25) is 0 Å². The minimum absolute atomic E-state index is 0.0616. The average Bonchev–Trinajstić information content (AvgIpc) is 2.28. The highest BCUT2D eigenvalue weighted by molar-refractivity contribution is 5.81. The Morgan fingerprint density at radius 1 is 1.29 bits per heavy atom. The molecule has 0 saturated carbocycles. The van der Waals surface area contributed by atoms with E-state index in [9.17, 15) is 4.79 Å². The first-order valence-corrected chi connectivity index (χ1v) is 5.86. The van der Waals surface area contributed by atoms with Crippen molar-refractivity contribution in [1.82, 2.24) is 5.43 Å². The van der Waals surface area contributed by atoms with Gasteiger partial charge in [0.2, 0.25) is 5.91 Å². The summed E-state index contributed by atoms with van der Waals surface area (Å²) in [5.74, 6) is -0.0616. The summed E-state index contributed by atoms with van der Waals surface area (Å²) in [6.07, 6.45) is 3.51. The van der Waals surface area contributed by atoms with E-state index in [0.29, 0.717) is 0 Å². The van der Waals surface area contributed by atoms with Crippen molar-refractivity contribution in [3.05, 3.63) is 35.9 Å². The van der Waals surface area contributed by atoms with E-state index in [0.717, 1.165) is 12.8 Å². The molecule has 1 amide bonds. The van der Waals surface area contributed by atoms with Gasteiger partial charge in [0.25, 0.3) is 0 Å². The smallest absolute Gasteiger partial charge is 0.245 e. The van der Waals surface area contributed by atoms with Gasteiger partial charge in [0.1, 0.15) is 0 Å². The van der Waals surface area contributed by atoms with E-state index in [2.05, 4.69) is 22.7 Å². The molecule has 0 aliphatic rings. The number of carbonyl (C=O) groups excluding carboxylic acids is 1. The monoisotopic (exact) mass is 232 g/mol. The fraction of sp³-hybridized carbons (Fsp3) is 0.429. The van der Waals surface area contributed by atoms with Gasteiger partial charge in [0.05, 0.1) is 0 Å². The molecule has 17 heavy (non-hydrogen) atoms. The lowest BCUT2D eigenvalue weighted by molar-refractivity contribution is -0.128. The van der Waals surface area contributed by atoms with E-state index in [-0.39, 0.29) is 5.91 Å². The zero-order chi connectivity index (χ0) is 12.7. The Hall–Kier alpha value is -1.64. The van der Waals surface area contributed by atoms with Crippen LogP contribution in [-0.2, 0) is 11.2 Å². The molecule has 0 radical (unpaired) electrons. The van der Waals surface area contributed by atoms with Crippen molar-refractivity contribution in [2.75, 3.05) is 0 Å². The molecule has 0 saturated heterocycles. The highest BCUT2D eigenvalue weighted by atomic mass is 16.2. The summed E-state index contributed by atoms with van der Waals surface area (Å²) in [5.41, 5.74) is 3.43. The van der Waals surface area contributed by atoms with Crippen molar-refractivity contribution in [2.24, 2.45) is 10.5 Å². The van der Waals surface area contributed by atoms with Crippen LogP contribution in [0.1, 0.15) is 32.8 Å². The van der Waals surface area contributed by atoms with Crippen LogP contribution in [0.25, 0.3) is 0 Å². The van der Waals surface area contributed by atoms with Crippen molar-refractivity contribution in [2.45, 2.75) is 33.6 Å². The lowest BCUT2D eigenvalue weighted by Crippen LogP contribution is -2.31. The Morgan fingerprint density at radius 3 is 2.53 bits per heavy atom. The maximum Gasteiger partial charge on any atom is 0.245 e. The van der Waals surface area contributed by atoms with Gasteiger partial charge in [-0.2, -0.15) is 5.10 Å². The Kier molecular flexibility index (Phi) is 4.88. The molecular formula is C14H20N2O. The van der Waals surface area contributed by atoms with Gasteiger partial charge in [0.15, 0.2) is 0 Å². The lowest BCUT2D eigenvalue weighted by Gasteiger charge is -2.14. The molecular weight excluding hydrogens is 212 g/mol. The summed E-state index contributed by atoms with van der Waals surface area (Å²) in [7, 11) is 0. The van der Waals surface area contributed by atoms with Gasteiger partial charge in [-0.3, -0.25) is 4.79 Å². The quantitative estimate of drug-likeness (QED) is 0.629. The van der Waals surface area contributed by atoms with Crippen LogP contribution in [0.5, 0.6) is 0 Å². The summed E-state index contributed by atoms with van der Waals surface area (Å²) in [4.78, 5) is 11.5. The van der Waals surface area contributed by atoms with Crippen molar-refractivity contribution >= 4 is 12.1 Å². The molecule has 92 valence electrons. The number of hydrogen-bond acceptors (Lipinski definition) is 2. The normalized spacial score (nSPS) is 11.7. The molecule has 3 heteroatoms. The maximum atomic E-state index is 11.5. The zero-order valence-corrected chi connectivity index (χ0v) is 10.7. The Morgan fingerprint density at radius 2 is 1.94 bits per heavy atom. The highest BCUT2D eigenvalue weighted by Crippen LogP contribution is 2.11. The molecule has 0 heterocycles. The molecule has 3 nitrogen and oxygen atoms in total. The molecule has 1 rings (SSSR count). The Balaban J connectivity index is 2.26. The predicted octanol–water partition coefficient (Wildman–Crippen LogP) is 2.77. The maximum absolute atomic E-state index is 11.5. The molecule has 0 aromatic heterocycles. The third-order valence-electron chi connectivity index (χ3n) is 2.34. The fourth-order valence-corrected chi connectivity index (χ4v) is 1.21. The summed E-state index contributed by atoms with van der Waals surface area (Å²) in [5, 5.41) is 3.93. The number of hydrazone groups is 1. The molecule has 0 spiro atoms. The number of aryl methyl sites for hydroxylation is 1. The van der Waals surface area contributed by atoms with Crippen LogP contribution in [0, 0.1) is 5.41 Å². The fourth-order valence-electron chi connectivity index (χ4n) is 1.21. The number of rotatable bonds is 4. The Labute approximate surface area is 103 Å². The summed E-state index contributed by atoms with van der Waals surface area (Å²) >= 11 is 0. The molecule has 0 aliphatic heterocycles. The van der Waals surface area contributed by atoms with Crippen LogP contribution >= 0.6 is 0 Å². The number of benzene rings is 1. The molecule has 1 N–H and O–H groups in total. The van der Waals surface area contributed by atoms with E-state index in [1.54, 1.807) is 6.21 Å². The van der Waals surface area contributed by atoms with E-state index >= 15 is 0 Å². The SMILES string of the molecule is CC(C)(C)C(=O)N/N=C/CCc1ccccc1. The van der Waals surface area contributed by atoms with Gasteiger partial charge in [-0.15, -0.1) is 0 Å². The van der Waals surface area contributed by atoms with E-state index < -0.39 is 5.41 Å². The van der Waals surface area contributed by atoms with Gasteiger partial charge >= 0.3 is 0 Å². The number of hydrogen-bond donors (Lipinski definition) is 1. The van der Waals surface area contributed by atoms with Crippen LogP contribution in [-0.4, -0.2) is 12.1 Å². The minimum Gasteiger partial charge on any atom is -0.273 e. The first-order chi connectivity index (χ1) is 8.00. The molecule has 1 aromatic rings. The molecule has 0 aliphatic carbocycles. The summed E-state index contributed by atoms with van der Waals surface area (Å²) in [6, 6.07) is 10.2. The molecule has 1 aromatic carbocycles. The number of nitrogens with zero attached hydrogens (tertiary/aromatic N) is 1. The second-order valence-corrected chi connectivity index (χ2v) is 5.03. The number of nitrogens with one attached hydrogen (secondary N) is 1. The number of amides is 1. The van der Waals surface area contributed by atoms with Crippen LogP contribution in [0.4, 0.5) is 0 Å². The first-order valence-electron chi connectivity index (χ1n) is 5.86. The third kappa shape index (κ3) is 5.29. The molecule has 0 atom stereocenters.